The number of nitrogens with zero attached hydrogens (tertiary/aromatic N) is 1. The summed E-state index contributed by atoms with van der Waals surface area (Å²) in [6, 6.07) is 14.4. The Morgan fingerprint density at radius 1 is 1.00 bits per heavy atom. The van der Waals surface area contributed by atoms with Crippen molar-refractivity contribution in [3.05, 3.63) is 59.7 Å². The molecule has 1 N–H and O–H groups in total. The number of rotatable bonds is 9. The third kappa shape index (κ3) is 5.74. The van der Waals surface area contributed by atoms with E-state index >= 15 is 0 Å². The molecule has 2 aromatic carbocycles. The van der Waals surface area contributed by atoms with E-state index in [1.54, 1.807) is 21.1 Å². The van der Waals surface area contributed by atoms with E-state index in [0.29, 0.717) is 12.3 Å². The predicted molar refractivity (Wildman–Crippen MR) is 108 cm³/mol. The highest BCUT2D eigenvalue weighted by Crippen LogP contribution is 2.16. The van der Waals surface area contributed by atoms with Gasteiger partial charge in [0.25, 0.3) is 5.91 Å². The second kappa shape index (κ2) is 10.3. The van der Waals surface area contributed by atoms with Crippen LogP contribution in [0, 0.1) is 0 Å². The molecule has 0 aliphatic carbocycles. The SMILES string of the molecule is CCc1ccc(OCC(=O)N(Cc2ccc(OC)cc2)[C@H](C)C(=O)NC)cc1. The summed E-state index contributed by atoms with van der Waals surface area (Å²) >= 11 is 0. The van der Waals surface area contributed by atoms with E-state index in [1.807, 2.05) is 48.5 Å². The quantitative estimate of drug-likeness (QED) is 0.722. The monoisotopic (exact) mass is 384 g/mol. The molecule has 0 radical (unpaired) electrons. The van der Waals surface area contributed by atoms with Crippen LogP contribution in [0.3, 0.4) is 0 Å². The highest BCUT2D eigenvalue weighted by molar-refractivity contribution is 5.87. The van der Waals surface area contributed by atoms with Crippen molar-refractivity contribution in [3.8, 4) is 11.5 Å². The van der Waals surface area contributed by atoms with Gasteiger partial charge in [-0.3, -0.25) is 9.59 Å². The van der Waals surface area contributed by atoms with Crippen LogP contribution in [0.5, 0.6) is 11.5 Å². The molecule has 2 rings (SSSR count). The summed E-state index contributed by atoms with van der Waals surface area (Å²) in [4.78, 5) is 26.5. The van der Waals surface area contributed by atoms with Gasteiger partial charge in [-0.25, -0.2) is 0 Å². The Labute approximate surface area is 166 Å². The van der Waals surface area contributed by atoms with E-state index in [4.69, 9.17) is 9.47 Å². The molecule has 2 amide bonds. The Bertz CT molecular complexity index is 772. The van der Waals surface area contributed by atoms with Crippen molar-refractivity contribution in [2.45, 2.75) is 32.9 Å². The second-order valence-electron chi connectivity index (χ2n) is 6.45. The number of benzene rings is 2. The number of aryl methyl sites for hydroxylation is 1. The van der Waals surface area contributed by atoms with Crippen molar-refractivity contribution in [3.63, 3.8) is 0 Å². The fourth-order valence-corrected chi connectivity index (χ4v) is 2.77. The van der Waals surface area contributed by atoms with E-state index in [2.05, 4.69) is 12.2 Å². The predicted octanol–water partition coefficient (Wildman–Crippen LogP) is 2.80. The Hall–Kier alpha value is -3.02. The molecule has 0 saturated heterocycles. The Kier molecular flexibility index (Phi) is 7.87. The molecule has 0 unspecified atom stereocenters. The van der Waals surface area contributed by atoms with E-state index in [0.717, 1.165) is 17.7 Å². The highest BCUT2D eigenvalue weighted by atomic mass is 16.5. The number of hydrogen-bond donors (Lipinski definition) is 1. The largest absolute Gasteiger partial charge is 0.497 e. The van der Waals surface area contributed by atoms with E-state index in [-0.39, 0.29) is 18.4 Å². The molecule has 0 spiro atoms. The summed E-state index contributed by atoms with van der Waals surface area (Å²) in [7, 11) is 3.16. The molecule has 28 heavy (non-hydrogen) atoms. The van der Waals surface area contributed by atoms with Gasteiger partial charge in [-0.1, -0.05) is 31.2 Å². The number of carbonyl (C=O) groups is 2. The van der Waals surface area contributed by atoms with Gasteiger partial charge in [-0.05, 0) is 48.7 Å². The maximum atomic E-state index is 12.8. The van der Waals surface area contributed by atoms with Crippen LogP contribution in [0.15, 0.2) is 48.5 Å². The lowest BCUT2D eigenvalue weighted by molar-refractivity contribution is -0.142. The lowest BCUT2D eigenvalue weighted by atomic mass is 10.1. The lowest BCUT2D eigenvalue weighted by Gasteiger charge is -2.28. The van der Waals surface area contributed by atoms with E-state index in [1.165, 1.54) is 10.5 Å². The van der Waals surface area contributed by atoms with Gasteiger partial charge in [-0.2, -0.15) is 0 Å². The molecule has 0 bridgehead atoms. The van der Waals surface area contributed by atoms with Crippen LogP contribution in [0.25, 0.3) is 0 Å². The van der Waals surface area contributed by atoms with Gasteiger partial charge in [0.05, 0.1) is 7.11 Å². The average molecular weight is 384 g/mol. The topological polar surface area (TPSA) is 67.9 Å². The van der Waals surface area contributed by atoms with E-state index in [9.17, 15) is 9.59 Å². The normalized spacial score (nSPS) is 11.4. The van der Waals surface area contributed by atoms with Crippen LogP contribution in [0.4, 0.5) is 0 Å². The van der Waals surface area contributed by atoms with Gasteiger partial charge < -0.3 is 19.7 Å². The van der Waals surface area contributed by atoms with Crippen LogP contribution in [-0.2, 0) is 22.6 Å². The smallest absolute Gasteiger partial charge is 0.261 e. The maximum Gasteiger partial charge on any atom is 0.261 e. The zero-order valence-corrected chi connectivity index (χ0v) is 16.9. The first-order chi connectivity index (χ1) is 13.5. The first kappa shape index (κ1) is 21.3. The van der Waals surface area contributed by atoms with E-state index < -0.39 is 6.04 Å². The minimum atomic E-state index is -0.620. The van der Waals surface area contributed by atoms with Gasteiger partial charge in [0, 0.05) is 13.6 Å². The molecule has 2 aromatic rings. The number of nitrogens with one attached hydrogen (secondary N) is 1. The Morgan fingerprint density at radius 2 is 1.57 bits per heavy atom. The summed E-state index contributed by atoms with van der Waals surface area (Å²) in [6.45, 7) is 3.95. The minimum absolute atomic E-state index is 0.136. The molecule has 0 aromatic heterocycles. The van der Waals surface area contributed by atoms with Gasteiger partial charge in [0.2, 0.25) is 5.91 Å². The van der Waals surface area contributed by atoms with Crippen molar-refractivity contribution in [2.24, 2.45) is 0 Å². The summed E-state index contributed by atoms with van der Waals surface area (Å²) in [5.74, 6) is 0.878. The van der Waals surface area contributed by atoms with Crippen LogP contribution in [-0.4, -0.2) is 43.5 Å². The number of amides is 2. The fraction of sp³-hybridized carbons (Fsp3) is 0.364. The molecule has 0 saturated carbocycles. The van der Waals surface area contributed by atoms with Gasteiger partial charge in [-0.15, -0.1) is 0 Å². The molecule has 6 nitrogen and oxygen atoms in total. The summed E-state index contributed by atoms with van der Waals surface area (Å²) in [6.07, 6.45) is 0.943. The first-order valence-electron chi connectivity index (χ1n) is 9.34. The molecule has 0 heterocycles. The summed E-state index contributed by atoms with van der Waals surface area (Å²) in [5, 5.41) is 2.60. The number of carbonyl (C=O) groups excluding carboxylic acids is 2. The number of likely N-dealkylation sites (N-methyl/N-ethyl adjacent to an activating group) is 1. The molecule has 0 aliphatic heterocycles. The van der Waals surface area contributed by atoms with Gasteiger partial charge in [0.1, 0.15) is 17.5 Å². The molecule has 6 heteroatoms. The molecule has 0 fully saturated rings. The van der Waals surface area contributed by atoms with Crippen LogP contribution in [0.2, 0.25) is 0 Å². The third-order valence-electron chi connectivity index (χ3n) is 4.62. The minimum Gasteiger partial charge on any atom is -0.497 e. The Balaban J connectivity index is 2.09. The lowest BCUT2D eigenvalue weighted by Crippen LogP contribution is -2.48. The van der Waals surface area contributed by atoms with Crippen LogP contribution in [0.1, 0.15) is 25.0 Å². The summed E-state index contributed by atoms with van der Waals surface area (Å²) in [5.41, 5.74) is 2.10. The molecule has 0 aliphatic rings. The molecule has 1 atom stereocenters. The first-order valence-corrected chi connectivity index (χ1v) is 9.34. The van der Waals surface area contributed by atoms with Crippen molar-refractivity contribution in [2.75, 3.05) is 20.8 Å². The van der Waals surface area contributed by atoms with Crippen LogP contribution >= 0.6 is 0 Å². The van der Waals surface area contributed by atoms with Crippen molar-refractivity contribution < 1.29 is 19.1 Å². The van der Waals surface area contributed by atoms with Crippen LogP contribution < -0.4 is 14.8 Å². The summed E-state index contributed by atoms with van der Waals surface area (Å²) < 4.78 is 10.8. The second-order valence-corrected chi connectivity index (χ2v) is 6.45. The van der Waals surface area contributed by atoms with Gasteiger partial charge in [0.15, 0.2) is 6.61 Å². The highest BCUT2D eigenvalue weighted by Gasteiger charge is 2.25. The zero-order valence-electron chi connectivity index (χ0n) is 16.9. The number of hydrogen-bond acceptors (Lipinski definition) is 4. The number of ether oxygens (including phenoxy) is 2. The number of methoxy groups -OCH3 is 1. The van der Waals surface area contributed by atoms with Crippen molar-refractivity contribution in [1.82, 2.24) is 10.2 Å². The molecular weight excluding hydrogens is 356 g/mol. The Morgan fingerprint density at radius 3 is 2.11 bits per heavy atom. The molecular formula is C22H28N2O4. The maximum absolute atomic E-state index is 12.8. The molecule has 150 valence electrons. The fourth-order valence-electron chi connectivity index (χ4n) is 2.77. The zero-order chi connectivity index (χ0) is 20.5. The van der Waals surface area contributed by atoms with Crippen molar-refractivity contribution >= 4 is 11.8 Å². The van der Waals surface area contributed by atoms with Gasteiger partial charge >= 0.3 is 0 Å². The van der Waals surface area contributed by atoms with Crippen molar-refractivity contribution in [1.29, 1.82) is 0 Å². The third-order valence-corrected chi connectivity index (χ3v) is 4.62. The standard InChI is InChI=1S/C22H28N2O4/c1-5-17-6-12-20(13-7-17)28-15-21(25)24(16(2)22(26)23-3)14-18-8-10-19(27-4)11-9-18/h6-13,16H,5,14-15H2,1-4H3,(H,23,26)/t16-/m1/s1. The average Bonchev–Trinajstić information content (AvgIpc) is 2.75.